The van der Waals surface area contributed by atoms with Gasteiger partial charge in [-0.2, -0.15) is 0 Å². The van der Waals surface area contributed by atoms with Crippen LogP contribution in [0.5, 0.6) is 0 Å². The Balaban J connectivity index is 2.15. The van der Waals surface area contributed by atoms with Crippen LogP contribution in [0.3, 0.4) is 0 Å². The van der Waals surface area contributed by atoms with E-state index in [2.05, 4.69) is 26.2 Å². The second-order valence-corrected chi connectivity index (χ2v) is 4.92. The van der Waals surface area contributed by atoms with E-state index in [4.69, 9.17) is 0 Å². The van der Waals surface area contributed by atoms with Crippen LogP contribution in [0.25, 0.3) is 0 Å². The topological polar surface area (TPSA) is 62.0 Å². The first kappa shape index (κ1) is 11.4. The molecule has 0 bridgehead atoms. The van der Waals surface area contributed by atoms with Crippen molar-refractivity contribution in [3.05, 3.63) is 32.2 Å². The molecule has 1 aliphatic rings. The first-order valence-electron chi connectivity index (χ1n) is 5.25. The predicted octanol–water partition coefficient (Wildman–Crippen LogP) is 1.59. The quantitative estimate of drug-likeness (QED) is 0.885. The summed E-state index contributed by atoms with van der Waals surface area (Å²) in [6, 6.07) is 0. The molecule has 4 nitrogen and oxygen atoms in total. The lowest BCUT2D eigenvalue weighted by atomic mass is 10.2. The van der Waals surface area contributed by atoms with Gasteiger partial charge in [0.15, 0.2) is 0 Å². The maximum Gasteiger partial charge on any atom is 0.256 e. The van der Waals surface area contributed by atoms with Crippen LogP contribution in [-0.2, 0) is 0 Å². The van der Waals surface area contributed by atoms with E-state index < -0.39 is 0 Å². The van der Waals surface area contributed by atoms with Gasteiger partial charge in [0.2, 0.25) is 5.43 Å². The van der Waals surface area contributed by atoms with Gasteiger partial charge in [0.05, 0.1) is 4.47 Å². The summed E-state index contributed by atoms with van der Waals surface area (Å²) in [5, 5.41) is 2.77. The van der Waals surface area contributed by atoms with Crippen molar-refractivity contribution in [3.63, 3.8) is 0 Å². The van der Waals surface area contributed by atoms with Crippen LogP contribution >= 0.6 is 15.9 Å². The Labute approximate surface area is 102 Å². The Morgan fingerprint density at radius 1 is 1.62 bits per heavy atom. The van der Waals surface area contributed by atoms with Gasteiger partial charge in [-0.25, -0.2) is 0 Å². The number of carbonyl (C=O) groups excluding carboxylic acids is 1. The molecular weight excluding hydrogens is 272 g/mol. The minimum absolute atomic E-state index is 0.165. The third kappa shape index (κ3) is 2.35. The lowest BCUT2D eigenvalue weighted by Gasteiger charge is -2.05. The number of hydrogen-bond acceptors (Lipinski definition) is 2. The van der Waals surface area contributed by atoms with Crippen molar-refractivity contribution in [3.8, 4) is 0 Å². The van der Waals surface area contributed by atoms with E-state index in [1.165, 1.54) is 19.0 Å². The summed E-state index contributed by atoms with van der Waals surface area (Å²) < 4.78 is 0.423. The summed E-state index contributed by atoms with van der Waals surface area (Å²) in [4.78, 5) is 26.4. The fourth-order valence-electron chi connectivity index (χ4n) is 1.42. The molecule has 1 aromatic heterocycles. The SMILES string of the molecule is Cc1[nH]cc(C(=O)NCC2CC2)c(=O)c1Br. The third-order valence-electron chi connectivity index (χ3n) is 2.70. The number of carbonyl (C=O) groups is 1. The lowest BCUT2D eigenvalue weighted by molar-refractivity contribution is 0.0950. The molecule has 0 aromatic carbocycles. The highest BCUT2D eigenvalue weighted by molar-refractivity contribution is 9.10. The summed E-state index contributed by atoms with van der Waals surface area (Å²) in [6.07, 6.45) is 3.81. The molecule has 5 heteroatoms. The first-order valence-corrected chi connectivity index (χ1v) is 6.05. The zero-order valence-corrected chi connectivity index (χ0v) is 10.6. The molecule has 1 aliphatic carbocycles. The summed E-state index contributed by atoms with van der Waals surface area (Å²) >= 11 is 3.17. The first-order chi connectivity index (χ1) is 7.59. The van der Waals surface area contributed by atoms with Crippen LogP contribution in [0, 0.1) is 12.8 Å². The molecule has 2 rings (SSSR count). The third-order valence-corrected chi connectivity index (χ3v) is 3.65. The summed E-state index contributed by atoms with van der Waals surface area (Å²) in [5.74, 6) is 0.311. The molecule has 0 unspecified atom stereocenters. The highest BCUT2D eigenvalue weighted by Crippen LogP contribution is 2.27. The van der Waals surface area contributed by atoms with Gasteiger partial charge in [0, 0.05) is 18.4 Å². The minimum atomic E-state index is -0.297. The molecule has 0 spiro atoms. The van der Waals surface area contributed by atoms with Crippen molar-refractivity contribution in [1.82, 2.24) is 10.3 Å². The molecule has 1 saturated carbocycles. The van der Waals surface area contributed by atoms with Gasteiger partial charge in [-0.15, -0.1) is 0 Å². The van der Waals surface area contributed by atoms with Crippen molar-refractivity contribution >= 4 is 21.8 Å². The monoisotopic (exact) mass is 284 g/mol. The Hall–Kier alpha value is -1.10. The number of pyridine rings is 1. The van der Waals surface area contributed by atoms with Crippen LogP contribution < -0.4 is 10.7 Å². The molecule has 16 heavy (non-hydrogen) atoms. The zero-order valence-electron chi connectivity index (χ0n) is 8.97. The molecule has 0 saturated heterocycles. The van der Waals surface area contributed by atoms with Crippen LogP contribution in [0.2, 0.25) is 0 Å². The summed E-state index contributed by atoms with van der Waals surface area (Å²) in [6.45, 7) is 2.45. The fourth-order valence-corrected chi connectivity index (χ4v) is 1.75. The molecule has 2 N–H and O–H groups in total. The Bertz CT molecular complexity index is 477. The molecule has 1 amide bonds. The van der Waals surface area contributed by atoms with E-state index in [1.807, 2.05) is 0 Å². The van der Waals surface area contributed by atoms with Crippen LogP contribution in [0.1, 0.15) is 28.9 Å². The fraction of sp³-hybridized carbons (Fsp3) is 0.455. The minimum Gasteiger partial charge on any atom is -0.363 e. The molecule has 0 aliphatic heterocycles. The van der Waals surface area contributed by atoms with Gasteiger partial charge in [-0.05, 0) is 41.6 Å². The van der Waals surface area contributed by atoms with Crippen molar-refractivity contribution in [2.75, 3.05) is 6.54 Å². The predicted molar refractivity (Wildman–Crippen MR) is 64.6 cm³/mol. The number of aromatic amines is 1. The number of aryl methyl sites for hydroxylation is 1. The van der Waals surface area contributed by atoms with Gasteiger partial charge >= 0.3 is 0 Å². The zero-order chi connectivity index (χ0) is 11.7. The molecule has 1 fully saturated rings. The standard InChI is InChI=1S/C11H13BrN2O2/c1-6-9(12)10(15)8(5-13-6)11(16)14-4-7-2-3-7/h5,7H,2-4H2,1H3,(H,13,15)(H,14,16). The number of H-pyrrole nitrogens is 1. The van der Waals surface area contributed by atoms with Gasteiger partial charge < -0.3 is 10.3 Å². The van der Waals surface area contributed by atoms with Gasteiger partial charge in [-0.1, -0.05) is 0 Å². The largest absolute Gasteiger partial charge is 0.363 e. The second kappa shape index (κ2) is 4.41. The van der Waals surface area contributed by atoms with Crippen LogP contribution in [0.4, 0.5) is 0 Å². The van der Waals surface area contributed by atoms with Gasteiger partial charge in [-0.3, -0.25) is 9.59 Å². The van der Waals surface area contributed by atoms with Gasteiger partial charge in [0.25, 0.3) is 5.91 Å². The van der Waals surface area contributed by atoms with Crippen molar-refractivity contribution < 1.29 is 4.79 Å². The average molecular weight is 285 g/mol. The van der Waals surface area contributed by atoms with E-state index >= 15 is 0 Å². The van der Waals surface area contributed by atoms with Crippen molar-refractivity contribution in [1.29, 1.82) is 0 Å². The number of nitrogens with one attached hydrogen (secondary N) is 2. The Morgan fingerprint density at radius 2 is 2.31 bits per heavy atom. The lowest BCUT2D eigenvalue weighted by Crippen LogP contribution is -2.30. The van der Waals surface area contributed by atoms with Crippen molar-refractivity contribution in [2.24, 2.45) is 5.92 Å². The van der Waals surface area contributed by atoms with E-state index in [9.17, 15) is 9.59 Å². The van der Waals surface area contributed by atoms with Crippen molar-refractivity contribution in [2.45, 2.75) is 19.8 Å². The summed E-state index contributed by atoms with van der Waals surface area (Å²) in [5.41, 5.74) is 0.631. The average Bonchev–Trinajstić information content (AvgIpc) is 3.07. The van der Waals surface area contributed by atoms with E-state index in [0.29, 0.717) is 16.9 Å². The molecule has 1 aromatic rings. The molecule has 1 heterocycles. The molecular formula is C11H13BrN2O2. The summed E-state index contributed by atoms with van der Waals surface area (Å²) in [7, 11) is 0. The molecule has 0 radical (unpaired) electrons. The highest BCUT2D eigenvalue weighted by atomic mass is 79.9. The van der Waals surface area contributed by atoms with E-state index in [1.54, 1.807) is 6.92 Å². The number of amides is 1. The number of halogens is 1. The Morgan fingerprint density at radius 3 is 2.94 bits per heavy atom. The van der Waals surface area contributed by atoms with Gasteiger partial charge in [0.1, 0.15) is 5.56 Å². The number of aromatic nitrogens is 1. The maximum absolute atomic E-state index is 11.8. The van der Waals surface area contributed by atoms with E-state index in [-0.39, 0.29) is 16.9 Å². The van der Waals surface area contributed by atoms with Crippen LogP contribution in [0.15, 0.2) is 15.5 Å². The van der Waals surface area contributed by atoms with Crippen LogP contribution in [-0.4, -0.2) is 17.4 Å². The molecule has 0 atom stereocenters. The number of hydrogen-bond donors (Lipinski definition) is 2. The smallest absolute Gasteiger partial charge is 0.256 e. The second-order valence-electron chi connectivity index (χ2n) is 4.12. The van der Waals surface area contributed by atoms with E-state index in [0.717, 1.165) is 5.69 Å². The highest BCUT2D eigenvalue weighted by Gasteiger charge is 2.22. The molecule has 86 valence electrons. The number of rotatable bonds is 3. The Kier molecular flexibility index (Phi) is 3.14. The maximum atomic E-state index is 11.8. The normalized spacial score (nSPS) is 14.9.